The van der Waals surface area contributed by atoms with E-state index in [2.05, 4.69) is 15.0 Å². The predicted molar refractivity (Wildman–Crippen MR) is 81.3 cm³/mol. The zero-order chi connectivity index (χ0) is 14.8. The Hall–Kier alpha value is -1.63. The fourth-order valence-corrected chi connectivity index (χ4v) is 3.18. The fourth-order valence-electron chi connectivity index (χ4n) is 2.52. The summed E-state index contributed by atoms with van der Waals surface area (Å²) in [5.41, 5.74) is 0.907. The lowest BCUT2D eigenvalue weighted by Crippen LogP contribution is -2.48. The number of piperidine rings is 1. The Bertz CT molecular complexity index is 541. The number of urea groups is 1. The molecule has 0 aromatic carbocycles. The third-order valence-corrected chi connectivity index (χ3v) is 4.65. The second-order valence-electron chi connectivity index (χ2n) is 5.83. The Morgan fingerprint density at radius 3 is 2.86 bits per heavy atom. The quantitative estimate of drug-likeness (QED) is 0.896. The van der Waals surface area contributed by atoms with Crippen molar-refractivity contribution in [2.45, 2.75) is 38.6 Å². The number of aromatic nitrogens is 1. The van der Waals surface area contributed by atoms with Crippen LogP contribution in [-0.2, 0) is 4.79 Å². The van der Waals surface area contributed by atoms with Gasteiger partial charge in [-0.15, -0.1) is 0 Å². The molecule has 0 bridgehead atoms. The largest absolute Gasteiger partial charge is 0.335 e. The summed E-state index contributed by atoms with van der Waals surface area (Å²) in [6.45, 7) is 3.14. The number of carbonyl (C=O) groups is 2. The van der Waals surface area contributed by atoms with Crippen molar-refractivity contribution in [1.29, 1.82) is 0 Å². The van der Waals surface area contributed by atoms with Crippen molar-refractivity contribution in [1.82, 2.24) is 14.6 Å². The van der Waals surface area contributed by atoms with Crippen LogP contribution in [0.3, 0.4) is 0 Å². The molecule has 1 atom stereocenters. The van der Waals surface area contributed by atoms with Crippen LogP contribution in [0.15, 0.2) is 6.07 Å². The summed E-state index contributed by atoms with van der Waals surface area (Å²) < 4.78 is 4.15. The minimum absolute atomic E-state index is 0.0115. The molecule has 6 nitrogen and oxygen atoms in total. The maximum Gasteiger partial charge on any atom is 0.317 e. The summed E-state index contributed by atoms with van der Waals surface area (Å²) >= 11 is 1.29. The molecule has 1 aliphatic heterocycles. The minimum Gasteiger partial charge on any atom is -0.335 e. The van der Waals surface area contributed by atoms with Gasteiger partial charge in [0.2, 0.25) is 5.91 Å². The molecular weight excluding hydrogens is 288 g/mol. The summed E-state index contributed by atoms with van der Waals surface area (Å²) in [7, 11) is 0. The van der Waals surface area contributed by atoms with E-state index in [1.807, 2.05) is 13.0 Å². The van der Waals surface area contributed by atoms with Gasteiger partial charge in [-0.1, -0.05) is 0 Å². The summed E-state index contributed by atoms with van der Waals surface area (Å²) in [6, 6.07) is 2.19. The van der Waals surface area contributed by atoms with Crippen LogP contribution in [0, 0.1) is 12.8 Å². The topological polar surface area (TPSA) is 74.3 Å². The van der Waals surface area contributed by atoms with Crippen LogP contribution in [0.2, 0.25) is 0 Å². The number of aryl methyl sites for hydroxylation is 1. The molecule has 2 heterocycles. The molecule has 1 unspecified atom stereocenters. The average Bonchev–Trinajstić information content (AvgIpc) is 3.20. The van der Waals surface area contributed by atoms with E-state index in [1.165, 1.54) is 11.5 Å². The Morgan fingerprint density at radius 1 is 1.38 bits per heavy atom. The number of anilines is 1. The van der Waals surface area contributed by atoms with Crippen molar-refractivity contribution in [2.24, 2.45) is 5.92 Å². The highest BCUT2D eigenvalue weighted by Crippen LogP contribution is 2.23. The Labute approximate surface area is 128 Å². The van der Waals surface area contributed by atoms with E-state index in [9.17, 15) is 9.59 Å². The van der Waals surface area contributed by atoms with E-state index in [0.29, 0.717) is 12.6 Å². The van der Waals surface area contributed by atoms with Crippen molar-refractivity contribution in [3.63, 3.8) is 0 Å². The minimum atomic E-state index is -0.133. The van der Waals surface area contributed by atoms with Gasteiger partial charge in [0.05, 0.1) is 11.6 Å². The van der Waals surface area contributed by atoms with Crippen LogP contribution in [0.25, 0.3) is 0 Å². The smallest absolute Gasteiger partial charge is 0.317 e. The zero-order valence-corrected chi connectivity index (χ0v) is 12.9. The molecule has 1 aliphatic carbocycles. The summed E-state index contributed by atoms with van der Waals surface area (Å²) in [4.78, 5) is 26.1. The number of amides is 3. The third-order valence-electron chi connectivity index (χ3n) is 3.86. The van der Waals surface area contributed by atoms with E-state index in [1.54, 1.807) is 4.90 Å². The number of nitrogens with zero attached hydrogens (tertiary/aromatic N) is 2. The number of likely N-dealkylation sites (tertiary alicyclic amines) is 1. The highest BCUT2D eigenvalue weighted by atomic mass is 32.1. The van der Waals surface area contributed by atoms with Crippen molar-refractivity contribution >= 4 is 28.5 Å². The zero-order valence-electron chi connectivity index (χ0n) is 12.1. The third kappa shape index (κ3) is 3.72. The summed E-state index contributed by atoms with van der Waals surface area (Å²) in [5.74, 6) is -0.145. The van der Waals surface area contributed by atoms with Gasteiger partial charge in [-0.05, 0) is 50.2 Å². The molecule has 1 saturated carbocycles. The number of hydrogen-bond acceptors (Lipinski definition) is 4. The van der Waals surface area contributed by atoms with E-state index >= 15 is 0 Å². The fraction of sp³-hybridized carbons (Fsp3) is 0.643. The lowest BCUT2D eigenvalue weighted by Gasteiger charge is -2.32. The normalized spacial score (nSPS) is 22.0. The van der Waals surface area contributed by atoms with Gasteiger partial charge in [0, 0.05) is 19.1 Å². The molecule has 1 aromatic rings. The predicted octanol–water partition coefficient (Wildman–Crippen LogP) is 1.97. The molecular formula is C14H20N4O2S. The van der Waals surface area contributed by atoms with E-state index in [-0.39, 0.29) is 17.9 Å². The molecule has 114 valence electrons. The average molecular weight is 308 g/mol. The monoisotopic (exact) mass is 308 g/mol. The molecule has 1 aromatic heterocycles. The van der Waals surface area contributed by atoms with Crippen LogP contribution >= 0.6 is 11.5 Å². The van der Waals surface area contributed by atoms with Gasteiger partial charge in [-0.2, -0.15) is 4.37 Å². The van der Waals surface area contributed by atoms with Crippen LogP contribution in [0.1, 0.15) is 31.4 Å². The van der Waals surface area contributed by atoms with Crippen molar-refractivity contribution in [2.75, 3.05) is 18.4 Å². The van der Waals surface area contributed by atoms with Crippen molar-refractivity contribution in [3.05, 3.63) is 11.8 Å². The molecule has 2 fully saturated rings. The molecule has 0 spiro atoms. The highest BCUT2D eigenvalue weighted by molar-refractivity contribution is 7.10. The summed E-state index contributed by atoms with van der Waals surface area (Å²) in [6.07, 6.45) is 3.86. The summed E-state index contributed by atoms with van der Waals surface area (Å²) in [5, 5.41) is 6.66. The second kappa shape index (κ2) is 6.01. The Morgan fingerprint density at radius 2 is 2.19 bits per heavy atom. The first-order valence-corrected chi connectivity index (χ1v) is 8.19. The van der Waals surface area contributed by atoms with Gasteiger partial charge in [-0.3, -0.25) is 4.79 Å². The Balaban J connectivity index is 1.54. The van der Waals surface area contributed by atoms with Crippen LogP contribution < -0.4 is 10.6 Å². The number of hydrogen-bond donors (Lipinski definition) is 2. The van der Waals surface area contributed by atoms with Crippen molar-refractivity contribution < 1.29 is 9.59 Å². The van der Waals surface area contributed by atoms with Crippen LogP contribution in [0.5, 0.6) is 0 Å². The number of nitrogens with one attached hydrogen (secondary N) is 2. The molecule has 3 amide bonds. The first-order chi connectivity index (χ1) is 10.1. The molecule has 7 heteroatoms. The lowest BCUT2D eigenvalue weighted by atomic mass is 9.97. The van der Waals surface area contributed by atoms with Gasteiger partial charge in [0.1, 0.15) is 5.00 Å². The Kier molecular flexibility index (Phi) is 4.10. The molecule has 2 N–H and O–H groups in total. The lowest BCUT2D eigenvalue weighted by molar-refractivity contribution is -0.121. The van der Waals surface area contributed by atoms with Gasteiger partial charge in [0.25, 0.3) is 0 Å². The van der Waals surface area contributed by atoms with Gasteiger partial charge in [0.15, 0.2) is 0 Å². The first-order valence-electron chi connectivity index (χ1n) is 7.41. The van der Waals surface area contributed by atoms with Gasteiger partial charge >= 0.3 is 6.03 Å². The van der Waals surface area contributed by atoms with Crippen LogP contribution in [-0.4, -0.2) is 40.3 Å². The first kappa shape index (κ1) is 14.3. The van der Waals surface area contributed by atoms with E-state index in [0.717, 1.165) is 42.9 Å². The highest BCUT2D eigenvalue weighted by Gasteiger charge is 2.31. The second-order valence-corrected chi connectivity index (χ2v) is 6.64. The molecule has 21 heavy (non-hydrogen) atoms. The van der Waals surface area contributed by atoms with E-state index < -0.39 is 0 Å². The maximum absolute atomic E-state index is 12.3. The van der Waals surface area contributed by atoms with Crippen LogP contribution in [0.4, 0.5) is 9.80 Å². The molecule has 0 radical (unpaired) electrons. The number of rotatable bonds is 3. The van der Waals surface area contributed by atoms with Gasteiger partial charge in [-0.25, -0.2) is 4.79 Å². The molecule has 1 saturated heterocycles. The van der Waals surface area contributed by atoms with Crippen molar-refractivity contribution in [3.8, 4) is 0 Å². The molecule has 3 rings (SSSR count). The standard InChI is InChI=1S/C14H20N4O2S/c1-9-7-12(21-17-9)16-13(19)10-3-2-6-18(8-10)14(20)15-11-4-5-11/h7,10-11H,2-6,8H2,1H3,(H,15,20)(H,16,19). The van der Waals surface area contributed by atoms with Gasteiger partial charge < -0.3 is 15.5 Å². The molecule has 2 aliphatic rings. The van der Waals surface area contributed by atoms with E-state index in [4.69, 9.17) is 0 Å². The number of carbonyl (C=O) groups excluding carboxylic acids is 2. The maximum atomic E-state index is 12.3. The SMILES string of the molecule is Cc1cc(NC(=O)C2CCCN(C(=O)NC3CC3)C2)sn1.